The summed E-state index contributed by atoms with van der Waals surface area (Å²) in [5.74, 6) is 0.839. The van der Waals surface area contributed by atoms with Crippen LogP contribution >= 0.6 is 23.2 Å². The van der Waals surface area contributed by atoms with Crippen molar-refractivity contribution in [3.05, 3.63) is 69.7 Å². The number of halogens is 2. The number of likely N-dealkylation sites (tertiary alicyclic amines) is 1. The minimum Gasteiger partial charge on any atom is -0.352 e. The summed E-state index contributed by atoms with van der Waals surface area (Å²) < 4.78 is 0. The van der Waals surface area contributed by atoms with Gasteiger partial charge in [0, 0.05) is 22.1 Å². The van der Waals surface area contributed by atoms with Crippen molar-refractivity contribution < 1.29 is 4.79 Å². The van der Waals surface area contributed by atoms with Crippen LogP contribution in [0.4, 0.5) is 0 Å². The number of nitrogens with zero attached hydrogens (tertiary/aromatic N) is 1. The summed E-state index contributed by atoms with van der Waals surface area (Å²) in [5, 5.41) is 4.80. The van der Waals surface area contributed by atoms with Crippen molar-refractivity contribution >= 4 is 29.1 Å². The second-order valence-electron chi connectivity index (χ2n) is 8.79. The highest BCUT2D eigenvalue weighted by Gasteiger charge is 2.34. The van der Waals surface area contributed by atoms with Gasteiger partial charge in [0.05, 0.1) is 6.42 Å². The van der Waals surface area contributed by atoms with Crippen molar-refractivity contribution in [2.45, 2.75) is 57.0 Å². The van der Waals surface area contributed by atoms with Gasteiger partial charge in [-0.2, -0.15) is 0 Å². The normalized spacial score (nSPS) is 22.9. The largest absolute Gasteiger partial charge is 0.352 e. The summed E-state index contributed by atoms with van der Waals surface area (Å²) in [5.41, 5.74) is 2.35. The maximum Gasteiger partial charge on any atom is 0.224 e. The number of carbonyl (C=O) groups is 1. The van der Waals surface area contributed by atoms with Crippen molar-refractivity contribution in [2.75, 3.05) is 13.1 Å². The van der Waals surface area contributed by atoms with E-state index in [0.29, 0.717) is 17.5 Å². The molecule has 2 aliphatic rings. The molecule has 2 aromatic carbocycles. The number of carbonyl (C=O) groups excluding carboxylic acids is 1. The standard InChI is InChI=1S/C25H30Cl2N2O/c26-21-9-7-18(8-10-21)15-19-11-13-29(14-12-19)24-6-2-5-23(24)28-25(30)17-20-3-1-4-22(27)16-20/h1,3-4,7-10,16,19,23-24H,2,5-6,11-15,17H2,(H,28,30). The SMILES string of the molecule is O=C(Cc1cccc(Cl)c1)NC1CCCC1N1CCC(Cc2ccc(Cl)cc2)CC1. The molecular weight excluding hydrogens is 415 g/mol. The van der Waals surface area contributed by atoms with Gasteiger partial charge >= 0.3 is 0 Å². The smallest absolute Gasteiger partial charge is 0.224 e. The third-order valence-corrected chi connectivity index (χ3v) is 7.12. The minimum absolute atomic E-state index is 0.104. The second-order valence-corrected chi connectivity index (χ2v) is 9.66. The molecular formula is C25H30Cl2N2O. The van der Waals surface area contributed by atoms with E-state index in [4.69, 9.17) is 23.2 Å². The lowest BCUT2D eigenvalue weighted by molar-refractivity contribution is -0.121. The first-order valence-corrected chi connectivity index (χ1v) is 11.8. The molecule has 2 fully saturated rings. The van der Waals surface area contributed by atoms with Crippen LogP contribution in [0.2, 0.25) is 10.0 Å². The van der Waals surface area contributed by atoms with Crippen LogP contribution in [0.5, 0.6) is 0 Å². The Kier molecular flexibility index (Phi) is 7.35. The Morgan fingerprint density at radius 3 is 2.43 bits per heavy atom. The lowest BCUT2D eigenvalue weighted by Crippen LogP contribution is -2.51. The van der Waals surface area contributed by atoms with E-state index in [2.05, 4.69) is 22.3 Å². The molecule has 2 unspecified atom stereocenters. The van der Waals surface area contributed by atoms with Gasteiger partial charge in [0.1, 0.15) is 0 Å². The number of rotatable bonds is 6. The summed E-state index contributed by atoms with van der Waals surface area (Å²) in [4.78, 5) is 15.2. The number of nitrogens with one attached hydrogen (secondary N) is 1. The van der Waals surface area contributed by atoms with E-state index in [1.165, 1.54) is 31.2 Å². The molecule has 0 radical (unpaired) electrons. The van der Waals surface area contributed by atoms with Crippen molar-refractivity contribution in [3.8, 4) is 0 Å². The van der Waals surface area contributed by atoms with Gasteiger partial charge in [-0.15, -0.1) is 0 Å². The number of benzene rings is 2. The molecule has 0 aromatic heterocycles. The Labute approximate surface area is 189 Å². The lowest BCUT2D eigenvalue weighted by Gasteiger charge is -2.38. The Balaban J connectivity index is 1.26. The maximum atomic E-state index is 12.6. The first-order valence-electron chi connectivity index (χ1n) is 11.1. The minimum atomic E-state index is 0.104. The Morgan fingerprint density at radius 2 is 1.70 bits per heavy atom. The van der Waals surface area contributed by atoms with E-state index < -0.39 is 0 Å². The van der Waals surface area contributed by atoms with Crippen molar-refractivity contribution in [2.24, 2.45) is 5.92 Å². The summed E-state index contributed by atoms with van der Waals surface area (Å²) in [6, 6.07) is 16.6. The summed E-state index contributed by atoms with van der Waals surface area (Å²) in [6.07, 6.45) is 7.44. The first-order chi connectivity index (χ1) is 14.6. The van der Waals surface area contributed by atoms with Crippen LogP contribution in [0.3, 0.4) is 0 Å². The zero-order valence-corrected chi connectivity index (χ0v) is 18.8. The Bertz CT molecular complexity index is 846. The molecule has 0 spiro atoms. The predicted octanol–water partition coefficient (Wildman–Crippen LogP) is 5.53. The van der Waals surface area contributed by atoms with Gasteiger partial charge in [0.15, 0.2) is 0 Å². The summed E-state index contributed by atoms with van der Waals surface area (Å²) in [7, 11) is 0. The highest BCUT2D eigenvalue weighted by atomic mass is 35.5. The summed E-state index contributed by atoms with van der Waals surface area (Å²) >= 11 is 12.1. The molecule has 1 heterocycles. The van der Waals surface area contributed by atoms with Gasteiger partial charge in [-0.1, -0.05) is 47.5 Å². The zero-order chi connectivity index (χ0) is 20.9. The highest BCUT2D eigenvalue weighted by molar-refractivity contribution is 6.30. The molecule has 1 saturated carbocycles. The molecule has 160 valence electrons. The number of amides is 1. The molecule has 3 nitrogen and oxygen atoms in total. The van der Waals surface area contributed by atoms with Gasteiger partial charge in [0.25, 0.3) is 0 Å². The van der Waals surface area contributed by atoms with Crippen LogP contribution in [-0.2, 0) is 17.6 Å². The van der Waals surface area contributed by atoms with Gasteiger partial charge < -0.3 is 5.32 Å². The Morgan fingerprint density at radius 1 is 0.933 bits per heavy atom. The molecule has 1 N–H and O–H groups in total. The third-order valence-electron chi connectivity index (χ3n) is 6.64. The molecule has 1 amide bonds. The van der Waals surface area contributed by atoms with Gasteiger partial charge in [-0.05, 0) is 92.9 Å². The van der Waals surface area contributed by atoms with Gasteiger partial charge in [-0.25, -0.2) is 0 Å². The van der Waals surface area contributed by atoms with Crippen LogP contribution in [0.1, 0.15) is 43.2 Å². The molecule has 30 heavy (non-hydrogen) atoms. The average Bonchev–Trinajstić information content (AvgIpc) is 3.18. The van der Waals surface area contributed by atoms with Gasteiger partial charge in [0.2, 0.25) is 5.91 Å². The monoisotopic (exact) mass is 444 g/mol. The van der Waals surface area contributed by atoms with E-state index in [1.54, 1.807) is 0 Å². The van der Waals surface area contributed by atoms with Crippen LogP contribution in [0.15, 0.2) is 48.5 Å². The molecule has 1 aliphatic heterocycles. The number of hydrogen-bond donors (Lipinski definition) is 1. The zero-order valence-electron chi connectivity index (χ0n) is 17.3. The summed E-state index contributed by atoms with van der Waals surface area (Å²) in [6.45, 7) is 2.26. The third kappa shape index (κ3) is 5.78. The van der Waals surface area contributed by atoms with Crippen molar-refractivity contribution in [1.29, 1.82) is 0 Å². The predicted molar refractivity (Wildman–Crippen MR) is 124 cm³/mol. The van der Waals surface area contributed by atoms with E-state index in [-0.39, 0.29) is 11.9 Å². The molecule has 5 heteroatoms. The molecule has 1 saturated heterocycles. The van der Waals surface area contributed by atoms with Crippen LogP contribution in [-0.4, -0.2) is 36.0 Å². The maximum absolute atomic E-state index is 12.6. The average molecular weight is 445 g/mol. The molecule has 2 aromatic rings. The van der Waals surface area contributed by atoms with E-state index >= 15 is 0 Å². The first kappa shape index (κ1) is 21.7. The van der Waals surface area contributed by atoms with E-state index in [9.17, 15) is 4.79 Å². The highest BCUT2D eigenvalue weighted by Crippen LogP contribution is 2.30. The number of piperidine rings is 1. The van der Waals surface area contributed by atoms with E-state index in [0.717, 1.165) is 42.4 Å². The Hall–Kier alpha value is -1.55. The van der Waals surface area contributed by atoms with Gasteiger partial charge in [-0.3, -0.25) is 9.69 Å². The topological polar surface area (TPSA) is 32.3 Å². The van der Waals surface area contributed by atoms with Crippen LogP contribution in [0.25, 0.3) is 0 Å². The fourth-order valence-electron chi connectivity index (χ4n) is 5.08. The second kappa shape index (κ2) is 10.2. The van der Waals surface area contributed by atoms with Crippen molar-refractivity contribution in [1.82, 2.24) is 10.2 Å². The van der Waals surface area contributed by atoms with Crippen LogP contribution < -0.4 is 5.32 Å². The van der Waals surface area contributed by atoms with Crippen LogP contribution in [0, 0.1) is 5.92 Å². The van der Waals surface area contributed by atoms with Crippen molar-refractivity contribution in [3.63, 3.8) is 0 Å². The molecule has 1 aliphatic carbocycles. The lowest BCUT2D eigenvalue weighted by atomic mass is 9.89. The molecule has 0 bridgehead atoms. The molecule has 2 atom stereocenters. The van der Waals surface area contributed by atoms with E-state index in [1.807, 2.05) is 36.4 Å². The quantitative estimate of drug-likeness (QED) is 0.634. The number of hydrogen-bond acceptors (Lipinski definition) is 2. The fourth-order valence-corrected chi connectivity index (χ4v) is 5.42. The molecule has 4 rings (SSSR count). The fraction of sp³-hybridized carbons (Fsp3) is 0.480.